The number of piperidine rings is 1. The molecule has 166 valence electrons. The number of rotatable bonds is 6. The van der Waals surface area contributed by atoms with E-state index in [2.05, 4.69) is 10.2 Å². The molecule has 0 unspecified atom stereocenters. The number of hydrogen-bond acceptors (Lipinski definition) is 4. The summed E-state index contributed by atoms with van der Waals surface area (Å²) in [6, 6.07) is 19.0. The van der Waals surface area contributed by atoms with E-state index in [-0.39, 0.29) is 24.3 Å². The number of benzene rings is 2. The van der Waals surface area contributed by atoms with E-state index in [0.717, 1.165) is 29.8 Å². The molecule has 2 heterocycles. The molecule has 4 rings (SSSR count). The minimum Gasteiger partial charge on any atom is -0.484 e. The highest BCUT2D eigenvalue weighted by Crippen LogP contribution is 2.27. The third-order valence-corrected chi connectivity index (χ3v) is 5.90. The van der Waals surface area contributed by atoms with E-state index in [0.29, 0.717) is 24.5 Å². The van der Waals surface area contributed by atoms with Crippen molar-refractivity contribution in [1.29, 1.82) is 0 Å². The minimum atomic E-state index is -0.153. The number of aryl methyl sites for hydroxylation is 1. The van der Waals surface area contributed by atoms with Crippen molar-refractivity contribution in [2.75, 3.05) is 31.6 Å². The molecule has 0 spiro atoms. The lowest BCUT2D eigenvalue weighted by atomic mass is 9.93. The summed E-state index contributed by atoms with van der Waals surface area (Å²) in [6.07, 6.45) is 1.64. The predicted octanol–water partition coefficient (Wildman–Crippen LogP) is 3.78. The summed E-state index contributed by atoms with van der Waals surface area (Å²) < 4.78 is 5.65. The maximum absolute atomic E-state index is 12.8. The van der Waals surface area contributed by atoms with Gasteiger partial charge in [-0.25, -0.2) is 0 Å². The Morgan fingerprint density at radius 1 is 1.09 bits per heavy atom. The van der Waals surface area contributed by atoms with E-state index >= 15 is 0 Å². The number of nitrogens with zero attached hydrogens (tertiary/aromatic N) is 3. The highest BCUT2D eigenvalue weighted by Gasteiger charge is 2.26. The van der Waals surface area contributed by atoms with E-state index < -0.39 is 0 Å². The van der Waals surface area contributed by atoms with E-state index in [1.54, 1.807) is 11.9 Å². The van der Waals surface area contributed by atoms with Crippen molar-refractivity contribution in [2.24, 2.45) is 0 Å². The molecule has 1 aliphatic rings. The molecule has 0 bridgehead atoms. The molecular formula is C25H28N4O3. The molecule has 1 N–H and O–H groups in total. The first-order valence-electron chi connectivity index (χ1n) is 10.9. The van der Waals surface area contributed by atoms with E-state index in [1.807, 2.05) is 72.5 Å². The minimum absolute atomic E-state index is 0.00470. The number of aromatic amines is 1. The molecule has 1 aromatic heterocycles. The Morgan fingerprint density at radius 2 is 1.84 bits per heavy atom. The summed E-state index contributed by atoms with van der Waals surface area (Å²) in [7, 11) is 1.74. The summed E-state index contributed by atoms with van der Waals surface area (Å²) in [5.74, 6) is 0.797. The van der Waals surface area contributed by atoms with Gasteiger partial charge in [0.1, 0.15) is 5.75 Å². The standard InChI is InChI=1S/C25H28N4O3/c1-18-7-6-10-21(15-18)32-17-24(30)29-13-11-19(12-14-29)22-16-23(27-26-22)25(31)28(2)20-8-4-3-5-9-20/h3-10,15-16,19H,11-14,17H2,1-2H3,(H,26,27). The number of carbonyl (C=O) groups is 2. The molecule has 1 saturated heterocycles. The summed E-state index contributed by atoms with van der Waals surface area (Å²) in [4.78, 5) is 28.7. The maximum atomic E-state index is 12.8. The monoisotopic (exact) mass is 432 g/mol. The second-order valence-electron chi connectivity index (χ2n) is 8.17. The number of H-pyrrole nitrogens is 1. The quantitative estimate of drug-likeness (QED) is 0.643. The van der Waals surface area contributed by atoms with Crippen LogP contribution in [0.2, 0.25) is 0 Å². The van der Waals surface area contributed by atoms with Gasteiger partial charge in [0.15, 0.2) is 12.3 Å². The normalized spacial score (nSPS) is 14.2. The number of ether oxygens (including phenoxy) is 1. The molecule has 3 aromatic rings. The molecule has 1 aliphatic heterocycles. The molecule has 0 aliphatic carbocycles. The fourth-order valence-electron chi connectivity index (χ4n) is 3.98. The van der Waals surface area contributed by atoms with Crippen LogP contribution in [0.4, 0.5) is 5.69 Å². The number of carbonyl (C=O) groups excluding carboxylic acids is 2. The zero-order chi connectivity index (χ0) is 22.5. The van der Waals surface area contributed by atoms with Crippen LogP contribution in [0.5, 0.6) is 5.75 Å². The number of hydrogen-bond donors (Lipinski definition) is 1. The Bertz CT molecular complexity index is 1070. The van der Waals surface area contributed by atoms with E-state index in [4.69, 9.17) is 4.74 Å². The molecule has 32 heavy (non-hydrogen) atoms. The zero-order valence-corrected chi connectivity index (χ0v) is 18.5. The molecule has 0 saturated carbocycles. The molecule has 7 nitrogen and oxygen atoms in total. The van der Waals surface area contributed by atoms with Gasteiger partial charge < -0.3 is 14.5 Å². The second kappa shape index (κ2) is 9.68. The van der Waals surface area contributed by atoms with Crippen LogP contribution in [-0.2, 0) is 4.79 Å². The Kier molecular flexibility index (Phi) is 6.54. The summed E-state index contributed by atoms with van der Waals surface area (Å²) in [5.41, 5.74) is 3.26. The van der Waals surface area contributed by atoms with Crippen molar-refractivity contribution in [3.8, 4) is 5.75 Å². The van der Waals surface area contributed by atoms with Crippen LogP contribution in [0.25, 0.3) is 0 Å². The van der Waals surface area contributed by atoms with Crippen molar-refractivity contribution < 1.29 is 14.3 Å². The second-order valence-corrected chi connectivity index (χ2v) is 8.17. The number of nitrogens with one attached hydrogen (secondary N) is 1. The van der Waals surface area contributed by atoms with Gasteiger partial charge in [0.05, 0.1) is 0 Å². The number of para-hydroxylation sites is 1. The van der Waals surface area contributed by atoms with Crippen LogP contribution in [0, 0.1) is 6.92 Å². The van der Waals surface area contributed by atoms with Crippen LogP contribution < -0.4 is 9.64 Å². The number of aromatic nitrogens is 2. The van der Waals surface area contributed by atoms with Crippen LogP contribution in [0.15, 0.2) is 60.7 Å². The Balaban J connectivity index is 1.29. The highest BCUT2D eigenvalue weighted by atomic mass is 16.5. The molecule has 7 heteroatoms. The zero-order valence-electron chi connectivity index (χ0n) is 18.5. The van der Waals surface area contributed by atoms with Gasteiger partial charge in [-0.2, -0.15) is 5.10 Å². The van der Waals surface area contributed by atoms with Crippen molar-refractivity contribution in [1.82, 2.24) is 15.1 Å². The molecule has 1 fully saturated rings. The fraction of sp³-hybridized carbons (Fsp3) is 0.320. The van der Waals surface area contributed by atoms with Crippen molar-refractivity contribution in [2.45, 2.75) is 25.7 Å². The van der Waals surface area contributed by atoms with Gasteiger partial charge in [0.2, 0.25) is 0 Å². The Hall–Kier alpha value is -3.61. The first kappa shape index (κ1) is 21.6. The SMILES string of the molecule is Cc1cccc(OCC(=O)N2CCC(c3cc(C(=O)N(C)c4ccccc4)n[nH]3)CC2)c1. The predicted molar refractivity (Wildman–Crippen MR) is 123 cm³/mol. The van der Waals surface area contributed by atoms with Crippen LogP contribution in [-0.4, -0.2) is 53.7 Å². The Labute approximate surface area is 188 Å². The third kappa shape index (κ3) is 4.99. The fourth-order valence-corrected chi connectivity index (χ4v) is 3.98. The van der Waals surface area contributed by atoms with Gasteiger partial charge in [-0.3, -0.25) is 14.7 Å². The van der Waals surface area contributed by atoms with E-state index in [9.17, 15) is 9.59 Å². The van der Waals surface area contributed by atoms with Gasteiger partial charge in [-0.1, -0.05) is 30.3 Å². The van der Waals surface area contributed by atoms with Crippen molar-refractivity contribution in [3.63, 3.8) is 0 Å². The van der Waals surface area contributed by atoms with E-state index in [1.165, 1.54) is 0 Å². The summed E-state index contributed by atoms with van der Waals surface area (Å²) in [5, 5.41) is 7.28. The first-order chi connectivity index (χ1) is 15.5. The highest BCUT2D eigenvalue weighted by molar-refractivity contribution is 6.04. The molecule has 2 amide bonds. The van der Waals surface area contributed by atoms with Gasteiger partial charge in [0, 0.05) is 37.4 Å². The molecular weight excluding hydrogens is 404 g/mol. The van der Waals surface area contributed by atoms with Crippen molar-refractivity contribution in [3.05, 3.63) is 77.6 Å². The van der Waals surface area contributed by atoms with Gasteiger partial charge in [-0.15, -0.1) is 0 Å². The summed E-state index contributed by atoms with van der Waals surface area (Å²) in [6.45, 7) is 3.36. The van der Waals surface area contributed by atoms with Crippen LogP contribution >= 0.6 is 0 Å². The van der Waals surface area contributed by atoms with Gasteiger partial charge >= 0.3 is 0 Å². The maximum Gasteiger partial charge on any atom is 0.278 e. The lowest BCUT2D eigenvalue weighted by Crippen LogP contribution is -2.40. The van der Waals surface area contributed by atoms with Gasteiger partial charge in [0.25, 0.3) is 11.8 Å². The lowest BCUT2D eigenvalue weighted by molar-refractivity contribution is -0.134. The molecule has 2 aromatic carbocycles. The largest absolute Gasteiger partial charge is 0.484 e. The third-order valence-electron chi connectivity index (χ3n) is 5.90. The average Bonchev–Trinajstić information content (AvgIpc) is 3.33. The lowest BCUT2D eigenvalue weighted by Gasteiger charge is -2.31. The van der Waals surface area contributed by atoms with Crippen LogP contribution in [0.1, 0.15) is 40.5 Å². The average molecular weight is 433 g/mol. The van der Waals surface area contributed by atoms with Crippen molar-refractivity contribution >= 4 is 17.5 Å². The number of anilines is 1. The summed E-state index contributed by atoms with van der Waals surface area (Å²) >= 11 is 0. The van der Waals surface area contributed by atoms with Crippen LogP contribution in [0.3, 0.4) is 0 Å². The first-order valence-corrected chi connectivity index (χ1v) is 10.9. The molecule has 0 radical (unpaired) electrons. The number of amides is 2. The smallest absolute Gasteiger partial charge is 0.278 e. The topological polar surface area (TPSA) is 78.5 Å². The Morgan fingerprint density at radius 3 is 2.56 bits per heavy atom. The van der Waals surface area contributed by atoms with Gasteiger partial charge in [-0.05, 0) is 55.7 Å². The molecule has 0 atom stereocenters. The number of likely N-dealkylation sites (tertiary alicyclic amines) is 1.